The number of carboxylic acid groups (broad SMARTS) is 2. The fourth-order valence-electron chi connectivity index (χ4n) is 6.57. The summed E-state index contributed by atoms with van der Waals surface area (Å²) in [6, 6.07) is 6.73. The minimum absolute atomic E-state index is 0. The Morgan fingerprint density at radius 3 is 1.27 bits per heavy atom. The van der Waals surface area contributed by atoms with Crippen molar-refractivity contribution in [3.05, 3.63) is 29.8 Å². The Labute approximate surface area is 363 Å². The zero-order valence-corrected chi connectivity index (χ0v) is 38.8. The van der Waals surface area contributed by atoms with Gasteiger partial charge in [-0.1, -0.05) is 174 Å². The molecule has 0 aliphatic carbocycles. The Balaban J connectivity index is -0.000000282. The Hall–Kier alpha value is -0.0200. The molecule has 1 aromatic carbocycles. The Bertz CT molecular complexity index is 1270. The van der Waals surface area contributed by atoms with E-state index in [4.69, 9.17) is 0 Å². The van der Waals surface area contributed by atoms with Gasteiger partial charge in [0.2, 0.25) is 0 Å². The minimum Gasteiger partial charge on any atom is -1.00 e. The van der Waals surface area contributed by atoms with Gasteiger partial charge in [0.15, 0.2) is 5.25 Å². The summed E-state index contributed by atoms with van der Waals surface area (Å²) < 4.78 is 64.9. The number of unbranched alkanes of at least 4 members (excludes halogenated alkanes) is 19. The molecule has 296 valence electrons. The standard InChI is InChI=1S/C20H38O7S.C18H30O3S.2Na.2H/c1-3-5-7-9-11-13-15-20(19(23)24,16-14-12-10-8-6-4-2)17(18(21)22)28(25,26)27;1-2-3-4-5-6-7-8-9-10-11-14-17-15-12-13-16-18(17)22(19,20)21;;;;/h17H,3-16H2,1-2H3,(H,21,22)(H,23,24)(H,25,26,27);12-13,15-16H,2-11,14H2,1H3,(H,19,20,21);;;;/q;;2*+1;2*-1. The average molecular weight is 797 g/mol. The summed E-state index contributed by atoms with van der Waals surface area (Å²) in [5, 5.41) is 16.9. The number of hydrogen-bond donors (Lipinski definition) is 4. The Morgan fingerprint density at radius 1 is 0.596 bits per heavy atom. The molecular weight excluding hydrogens is 727 g/mol. The van der Waals surface area contributed by atoms with Gasteiger partial charge in [0.1, 0.15) is 0 Å². The van der Waals surface area contributed by atoms with Crippen LogP contribution in [0.5, 0.6) is 0 Å². The fraction of sp³-hybridized carbons (Fsp3) is 0.789. The first-order valence-electron chi connectivity index (χ1n) is 19.2. The van der Waals surface area contributed by atoms with Crippen LogP contribution in [-0.4, -0.2) is 53.3 Å². The molecule has 4 N–H and O–H groups in total. The molecule has 0 amide bonds. The summed E-state index contributed by atoms with van der Waals surface area (Å²) in [6.07, 6.45) is 23.5. The SMILES string of the molecule is CCCCCCCCC(CCCCCCCC)(C(=O)O)C(C(=O)O)S(=O)(=O)O.CCCCCCCCCCCCc1ccccc1S(=O)(=O)O.[H-].[H-].[Na+].[Na+]. The second kappa shape index (κ2) is 33.2. The summed E-state index contributed by atoms with van der Waals surface area (Å²) in [5.74, 6) is -3.26. The van der Waals surface area contributed by atoms with Crippen LogP contribution in [0.15, 0.2) is 29.2 Å². The number of rotatable bonds is 30. The van der Waals surface area contributed by atoms with Crippen LogP contribution < -0.4 is 59.1 Å². The summed E-state index contributed by atoms with van der Waals surface area (Å²) in [6.45, 7) is 6.40. The van der Waals surface area contributed by atoms with E-state index in [0.29, 0.717) is 32.1 Å². The molecule has 0 bridgehead atoms. The molecule has 0 aromatic heterocycles. The Morgan fingerprint density at radius 2 is 0.942 bits per heavy atom. The quantitative estimate of drug-likeness (QED) is 0.0491. The van der Waals surface area contributed by atoms with Crippen molar-refractivity contribution >= 4 is 32.2 Å². The van der Waals surface area contributed by atoms with Gasteiger partial charge >= 0.3 is 71.1 Å². The fourth-order valence-corrected chi connectivity index (χ4v) is 8.48. The first kappa shape index (κ1) is 56.3. The third kappa shape index (κ3) is 25.2. The van der Waals surface area contributed by atoms with Gasteiger partial charge in [0, 0.05) is 0 Å². The van der Waals surface area contributed by atoms with E-state index in [2.05, 4.69) is 20.8 Å². The van der Waals surface area contributed by atoms with Crippen LogP contribution in [0.1, 0.15) is 183 Å². The van der Waals surface area contributed by atoms with Gasteiger partial charge in [-0.05, 0) is 37.3 Å². The maximum Gasteiger partial charge on any atom is 1.00 e. The van der Waals surface area contributed by atoms with Crippen molar-refractivity contribution in [2.75, 3.05) is 0 Å². The van der Waals surface area contributed by atoms with E-state index in [1.165, 1.54) is 57.4 Å². The van der Waals surface area contributed by atoms with Gasteiger partial charge in [-0.25, -0.2) is 0 Å². The van der Waals surface area contributed by atoms with Crippen LogP contribution in [0.25, 0.3) is 0 Å². The summed E-state index contributed by atoms with van der Waals surface area (Å²) in [7, 11) is -9.15. The van der Waals surface area contributed by atoms with Crippen molar-refractivity contribution in [1.82, 2.24) is 0 Å². The van der Waals surface area contributed by atoms with Gasteiger partial charge in [-0.15, -0.1) is 0 Å². The van der Waals surface area contributed by atoms with Crippen LogP contribution >= 0.6 is 0 Å². The van der Waals surface area contributed by atoms with E-state index in [0.717, 1.165) is 69.8 Å². The second-order valence-electron chi connectivity index (χ2n) is 13.7. The maximum atomic E-state index is 12.1. The summed E-state index contributed by atoms with van der Waals surface area (Å²) in [5.41, 5.74) is -1.28. The van der Waals surface area contributed by atoms with Crippen LogP contribution in [0.4, 0.5) is 0 Å². The molecule has 1 atom stereocenters. The molecule has 0 saturated heterocycles. The molecule has 0 radical (unpaired) electrons. The molecule has 0 spiro atoms. The Kier molecular flexibility index (Phi) is 35.9. The van der Waals surface area contributed by atoms with E-state index in [1.807, 2.05) is 6.07 Å². The molecule has 0 aliphatic heterocycles. The molecule has 1 aromatic rings. The number of aryl methyl sites for hydroxylation is 1. The van der Waals surface area contributed by atoms with Gasteiger partial charge in [0.25, 0.3) is 20.2 Å². The van der Waals surface area contributed by atoms with Gasteiger partial charge in [-0.3, -0.25) is 18.7 Å². The van der Waals surface area contributed by atoms with E-state index in [-0.39, 0.29) is 79.7 Å². The van der Waals surface area contributed by atoms with E-state index < -0.39 is 42.8 Å². The number of carboxylic acids is 2. The molecular formula is C38H70Na2O10S2. The minimum atomic E-state index is -5.05. The molecule has 1 rings (SSSR count). The molecule has 52 heavy (non-hydrogen) atoms. The first-order chi connectivity index (χ1) is 23.7. The average Bonchev–Trinajstić information content (AvgIpc) is 3.04. The molecule has 1 unspecified atom stereocenters. The van der Waals surface area contributed by atoms with E-state index in [9.17, 15) is 45.7 Å². The van der Waals surface area contributed by atoms with Crippen molar-refractivity contribution in [3.63, 3.8) is 0 Å². The molecule has 0 fully saturated rings. The monoisotopic (exact) mass is 796 g/mol. The smallest absolute Gasteiger partial charge is 1.00 e. The summed E-state index contributed by atoms with van der Waals surface area (Å²) in [4.78, 5) is 23.8. The first-order valence-corrected chi connectivity index (χ1v) is 22.1. The molecule has 0 aliphatic rings. The number of hydrogen-bond acceptors (Lipinski definition) is 6. The normalized spacial score (nSPS) is 12.2. The predicted molar refractivity (Wildman–Crippen MR) is 203 cm³/mol. The van der Waals surface area contributed by atoms with Crippen LogP contribution in [-0.2, 0) is 36.2 Å². The van der Waals surface area contributed by atoms with Gasteiger partial charge in [-0.2, -0.15) is 16.8 Å². The van der Waals surface area contributed by atoms with Crippen LogP contribution in [0, 0.1) is 5.41 Å². The van der Waals surface area contributed by atoms with Crippen LogP contribution in [0.3, 0.4) is 0 Å². The van der Waals surface area contributed by atoms with E-state index >= 15 is 0 Å². The number of benzene rings is 1. The maximum absolute atomic E-state index is 12.1. The van der Waals surface area contributed by atoms with E-state index in [1.54, 1.807) is 12.1 Å². The van der Waals surface area contributed by atoms with Crippen molar-refractivity contribution < 1.29 is 108 Å². The van der Waals surface area contributed by atoms with Gasteiger partial charge < -0.3 is 13.1 Å². The van der Waals surface area contributed by atoms with Crippen molar-refractivity contribution in [3.8, 4) is 0 Å². The zero-order chi connectivity index (χ0) is 37.9. The molecule has 10 nitrogen and oxygen atoms in total. The third-order valence-corrected chi connectivity index (χ3v) is 11.7. The largest absolute Gasteiger partial charge is 1.00 e. The number of aliphatic carboxylic acids is 2. The molecule has 14 heteroatoms. The van der Waals surface area contributed by atoms with Crippen molar-refractivity contribution in [1.29, 1.82) is 0 Å². The van der Waals surface area contributed by atoms with Gasteiger partial charge in [0.05, 0.1) is 10.3 Å². The second-order valence-corrected chi connectivity index (χ2v) is 16.6. The summed E-state index contributed by atoms with van der Waals surface area (Å²) >= 11 is 0. The third-order valence-electron chi connectivity index (χ3n) is 9.45. The van der Waals surface area contributed by atoms with Crippen LogP contribution in [0.2, 0.25) is 0 Å². The zero-order valence-electron chi connectivity index (χ0n) is 35.1. The topological polar surface area (TPSA) is 183 Å². The number of carbonyl (C=O) groups is 2. The van der Waals surface area contributed by atoms with Crippen molar-refractivity contribution in [2.45, 2.75) is 191 Å². The molecule has 0 saturated carbocycles. The molecule has 0 heterocycles. The van der Waals surface area contributed by atoms with Crippen molar-refractivity contribution in [2.24, 2.45) is 5.41 Å². The predicted octanol–water partition coefficient (Wildman–Crippen LogP) is 4.53.